The lowest BCUT2D eigenvalue weighted by Crippen LogP contribution is -2.44. The van der Waals surface area contributed by atoms with Crippen LogP contribution in [0, 0.1) is 5.41 Å². The van der Waals surface area contributed by atoms with Crippen LogP contribution in [-0.2, 0) is 38.1 Å². The lowest BCUT2D eigenvalue weighted by molar-refractivity contribution is -0.169. The van der Waals surface area contributed by atoms with Crippen LogP contribution >= 0.6 is 50.5 Å². The molecule has 29 heavy (non-hydrogen) atoms. The van der Waals surface area contributed by atoms with Crippen LogP contribution in [0.1, 0.15) is 26.7 Å². The molecule has 0 rings (SSSR count). The van der Waals surface area contributed by atoms with E-state index in [9.17, 15) is 19.2 Å². The Labute approximate surface area is 192 Å². The minimum atomic E-state index is -1.30. The summed E-state index contributed by atoms with van der Waals surface area (Å²) in [5.41, 5.74) is -1.30. The zero-order chi connectivity index (χ0) is 22.4. The van der Waals surface area contributed by atoms with Crippen molar-refractivity contribution in [2.24, 2.45) is 5.41 Å². The molecule has 0 saturated heterocycles. The van der Waals surface area contributed by atoms with E-state index in [0.717, 1.165) is 0 Å². The van der Waals surface area contributed by atoms with Gasteiger partial charge in [-0.1, -0.05) is 0 Å². The third kappa shape index (κ3) is 12.5. The summed E-state index contributed by atoms with van der Waals surface area (Å²) in [6.45, 7) is 1.78. The van der Waals surface area contributed by atoms with Gasteiger partial charge in [0.2, 0.25) is 0 Å². The molecule has 0 aliphatic carbocycles. The predicted octanol–water partition coefficient (Wildman–Crippen LogP) is 1.42. The molecule has 2 unspecified atom stereocenters. The second-order valence-corrected chi connectivity index (χ2v) is 8.78. The van der Waals surface area contributed by atoms with Gasteiger partial charge in [0, 0.05) is 11.5 Å². The molecule has 168 valence electrons. The highest BCUT2D eigenvalue weighted by molar-refractivity contribution is 7.82. The van der Waals surface area contributed by atoms with Gasteiger partial charge in [0.05, 0.1) is 23.3 Å². The topological polar surface area (TPSA) is 105 Å². The molecular formula is C17H28O8S4. The summed E-state index contributed by atoms with van der Waals surface area (Å²) < 4.78 is 20.8. The van der Waals surface area contributed by atoms with Gasteiger partial charge >= 0.3 is 23.9 Å². The fourth-order valence-corrected chi connectivity index (χ4v) is 2.25. The van der Waals surface area contributed by atoms with Crippen LogP contribution in [0.4, 0.5) is 0 Å². The fourth-order valence-electron chi connectivity index (χ4n) is 1.73. The number of carbonyl (C=O) groups is 4. The Hall–Kier alpha value is -0.720. The summed E-state index contributed by atoms with van der Waals surface area (Å²) in [6, 6.07) is 0. The van der Waals surface area contributed by atoms with E-state index in [0.29, 0.717) is 0 Å². The van der Waals surface area contributed by atoms with Crippen LogP contribution in [0.15, 0.2) is 0 Å². The molecule has 0 spiro atoms. The van der Waals surface area contributed by atoms with Gasteiger partial charge in [0.1, 0.15) is 31.8 Å². The van der Waals surface area contributed by atoms with Gasteiger partial charge in [-0.05, 0) is 13.8 Å². The van der Waals surface area contributed by atoms with Crippen LogP contribution in [0.5, 0.6) is 0 Å². The number of ether oxygens (including phenoxy) is 4. The minimum absolute atomic E-state index is 0.0551. The monoisotopic (exact) mass is 488 g/mol. The molecular weight excluding hydrogens is 460 g/mol. The van der Waals surface area contributed by atoms with Gasteiger partial charge in [-0.2, -0.15) is 50.5 Å². The lowest BCUT2D eigenvalue weighted by Gasteiger charge is -2.32. The number of hydrogen-bond donors (Lipinski definition) is 4. The van der Waals surface area contributed by atoms with E-state index in [1.807, 2.05) is 0 Å². The molecule has 0 radical (unpaired) electrons. The molecule has 0 N–H and O–H groups in total. The average Bonchev–Trinajstić information content (AvgIpc) is 2.66. The van der Waals surface area contributed by atoms with Gasteiger partial charge < -0.3 is 18.9 Å². The van der Waals surface area contributed by atoms with Gasteiger partial charge in [0.15, 0.2) is 0 Å². The Morgan fingerprint density at radius 1 is 0.690 bits per heavy atom. The number of esters is 4. The Bertz CT molecular complexity index is 506. The Balaban J connectivity index is 5.47. The number of carbonyl (C=O) groups excluding carboxylic acids is 4. The van der Waals surface area contributed by atoms with Gasteiger partial charge in [0.25, 0.3) is 0 Å². The molecule has 8 nitrogen and oxygen atoms in total. The van der Waals surface area contributed by atoms with Crippen molar-refractivity contribution in [3.05, 3.63) is 0 Å². The quantitative estimate of drug-likeness (QED) is 0.165. The van der Waals surface area contributed by atoms with E-state index >= 15 is 0 Å². The van der Waals surface area contributed by atoms with Crippen molar-refractivity contribution >= 4 is 74.4 Å². The van der Waals surface area contributed by atoms with Crippen molar-refractivity contribution in [1.29, 1.82) is 0 Å². The molecule has 0 aliphatic rings. The fraction of sp³-hybridized carbons (Fsp3) is 0.765. The van der Waals surface area contributed by atoms with E-state index < -0.39 is 39.8 Å². The summed E-state index contributed by atoms with van der Waals surface area (Å²) in [5, 5.41) is -1.41. The molecule has 0 fully saturated rings. The summed E-state index contributed by atoms with van der Waals surface area (Å²) in [5.74, 6) is -1.80. The third-order valence-corrected chi connectivity index (χ3v) is 4.30. The van der Waals surface area contributed by atoms with E-state index in [4.69, 9.17) is 18.9 Å². The second-order valence-electron chi connectivity index (χ2n) is 6.34. The second kappa shape index (κ2) is 15.1. The smallest absolute Gasteiger partial charge is 0.318 e. The Kier molecular flexibility index (Phi) is 14.8. The Morgan fingerprint density at radius 2 is 1.00 bits per heavy atom. The normalized spacial score (nSPS) is 13.2. The zero-order valence-corrected chi connectivity index (χ0v) is 19.9. The van der Waals surface area contributed by atoms with Crippen molar-refractivity contribution in [2.75, 3.05) is 37.9 Å². The summed E-state index contributed by atoms with van der Waals surface area (Å²) >= 11 is 15.9. The minimum Gasteiger partial charge on any atom is -0.465 e. The van der Waals surface area contributed by atoms with Crippen molar-refractivity contribution in [1.82, 2.24) is 0 Å². The molecule has 0 aromatic carbocycles. The van der Waals surface area contributed by atoms with Crippen molar-refractivity contribution in [2.45, 2.75) is 37.2 Å². The molecule has 0 amide bonds. The summed E-state index contributed by atoms with van der Waals surface area (Å²) in [7, 11) is 0. The van der Waals surface area contributed by atoms with Crippen LogP contribution < -0.4 is 0 Å². The van der Waals surface area contributed by atoms with Crippen molar-refractivity contribution in [3.8, 4) is 0 Å². The first-order valence-corrected chi connectivity index (χ1v) is 11.1. The highest BCUT2D eigenvalue weighted by atomic mass is 32.1. The van der Waals surface area contributed by atoms with Crippen LogP contribution in [0.25, 0.3) is 0 Å². The molecule has 0 aromatic heterocycles. The lowest BCUT2D eigenvalue weighted by atomic mass is 9.92. The first-order valence-electron chi connectivity index (χ1n) is 8.79. The molecule has 0 bridgehead atoms. The van der Waals surface area contributed by atoms with Crippen LogP contribution in [0.3, 0.4) is 0 Å². The zero-order valence-electron chi connectivity index (χ0n) is 16.4. The number of thiol groups is 4. The maximum atomic E-state index is 11.9. The van der Waals surface area contributed by atoms with Gasteiger partial charge in [-0.15, -0.1) is 0 Å². The summed E-state index contributed by atoms with van der Waals surface area (Å²) in [4.78, 5) is 47.3. The highest BCUT2D eigenvalue weighted by Crippen LogP contribution is 2.23. The first-order chi connectivity index (χ1) is 13.6. The van der Waals surface area contributed by atoms with Crippen molar-refractivity contribution in [3.63, 3.8) is 0 Å². The number of hydrogen-bond acceptors (Lipinski definition) is 12. The molecule has 0 aromatic rings. The van der Waals surface area contributed by atoms with Crippen LogP contribution in [0.2, 0.25) is 0 Å². The number of rotatable bonds is 14. The maximum Gasteiger partial charge on any atom is 0.318 e. The largest absolute Gasteiger partial charge is 0.465 e. The molecule has 2 atom stereocenters. The highest BCUT2D eigenvalue weighted by Gasteiger charge is 2.38. The predicted molar refractivity (Wildman–Crippen MR) is 120 cm³/mol. The van der Waals surface area contributed by atoms with Crippen molar-refractivity contribution < 1.29 is 38.1 Å². The van der Waals surface area contributed by atoms with E-state index in [-0.39, 0.29) is 50.8 Å². The molecule has 0 saturated carbocycles. The summed E-state index contributed by atoms with van der Waals surface area (Å²) in [6.07, 6.45) is 0.110. The molecule has 0 heterocycles. The van der Waals surface area contributed by atoms with Crippen LogP contribution in [-0.4, -0.2) is 72.3 Å². The maximum absolute atomic E-state index is 11.9. The standard InChI is InChI=1S/C17H28O8S4/c1-11(28)15(20)24-9-17(7-22-13(18)3-5-26,8-23-14(19)4-6-27)10-25-16(21)12(2)29/h11-12,26-29H,3-10H2,1-2H3. The van der Waals surface area contributed by atoms with E-state index in [1.165, 1.54) is 13.8 Å². The van der Waals surface area contributed by atoms with Gasteiger partial charge in [-0.3, -0.25) is 19.2 Å². The van der Waals surface area contributed by atoms with E-state index in [2.05, 4.69) is 50.5 Å². The molecule has 12 heteroatoms. The first kappa shape index (κ1) is 28.3. The van der Waals surface area contributed by atoms with E-state index in [1.54, 1.807) is 0 Å². The average molecular weight is 489 g/mol. The SMILES string of the molecule is CC(S)C(=O)OCC(COC(=O)CCS)(COC(=O)CCS)COC(=O)C(C)S. The third-order valence-electron chi connectivity index (χ3n) is 3.43. The molecule has 0 aliphatic heterocycles. The van der Waals surface area contributed by atoms with Gasteiger partial charge in [-0.25, -0.2) is 0 Å². The Morgan fingerprint density at radius 3 is 1.28 bits per heavy atom.